The quantitative estimate of drug-likeness (QED) is 0.182. The van der Waals surface area contributed by atoms with Gasteiger partial charge in [-0.3, -0.25) is 9.59 Å². The van der Waals surface area contributed by atoms with Crippen molar-refractivity contribution in [1.82, 2.24) is 0 Å². The number of amides is 2. The minimum Gasteiger partial charge on any atom is -0.619 e. The molecule has 0 spiro atoms. The van der Waals surface area contributed by atoms with Crippen LogP contribution in [0.25, 0.3) is 0 Å². The van der Waals surface area contributed by atoms with Crippen LogP contribution in [0.5, 0.6) is 0 Å². The number of aromatic nitrogens is 1. The maximum atomic E-state index is 15.3. The molecule has 1 N–H and O–H groups in total. The second-order valence-electron chi connectivity index (χ2n) is 7.87. The molecule has 1 heterocycles. The number of hydrogen-bond acceptors (Lipinski definition) is 3. The summed E-state index contributed by atoms with van der Waals surface area (Å²) in [6, 6.07) is 6.12. The van der Waals surface area contributed by atoms with Crippen molar-refractivity contribution in [3.8, 4) is 0 Å². The molecule has 0 fully saturated rings. The van der Waals surface area contributed by atoms with E-state index < -0.39 is 61.4 Å². The molecule has 0 radical (unpaired) electrons. The number of anilines is 2. The average Bonchev–Trinajstić information content (AvgIpc) is 2.83. The van der Waals surface area contributed by atoms with Gasteiger partial charge in [-0.05, 0) is 56.1 Å². The first-order valence-electron chi connectivity index (χ1n) is 10.3. The molecule has 3 rings (SSSR count). The number of carbonyl (C=O) groups is 2. The third-order valence-corrected chi connectivity index (χ3v) is 6.65. The normalized spacial score (nSPS) is 12.3. The molecular formula is C23H13Br2F8N3O3. The molecule has 0 aliphatic carbocycles. The molecular weight excluding hydrogens is 678 g/mol. The fourth-order valence-corrected chi connectivity index (χ4v) is 4.76. The van der Waals surface area contributed by atoms with Crippen LogP contribution in [0.15, 0.2) is 63.8 Å². The van der Waals surface area contributed by atoms with Crippen LogP contribution in [0.1, 0.15) is 26.3 Å². The average molecular weight is 691 g/mol. The summed E-state index contributed by atoms with van der Waals surface area (Å²) in [5.74, 6) is -3.13. The molecule has 2 amide bonds. The zero-order chi connectivity index (χ0) is 29.5. The number of alkyl halides is 7. The molecule has 0 unspecified atom stereocenters. The summed E-state index contributed by atoms with van der Waals surface area (Å²) in [7, 11) is 1.19. The van der Waals surface area contributed by atoms with Gasteiger partial charge in [-0.25, -0.2) is 8.78 Å². The van der Waals surface area contributed by atoms with E-state index in [1.165, 1.54) is 25.2 Å². The predicted octanol–water partition coefficient (Wildman–Crippen LogP) is 6.80. The van der Waals surface area contributed by atoms with Crippen LogP contribution in [0.4, 0.5) is 46.5 Å². The van der Waals surface area contributed by atoms with Crippen molar-refractivity contribution in [3.63, 3.8) is 0 Å². The maximum Gasteiger partial charge on any atom is 0.435 e. The summed E-state index contributed by atoms with van der Waals surface area (Å²) >= 11 is 5.43. The molecule has 0 atom stereocenters. The Morgan fingerprint density at radius 1 is 0.923 bits per heavy atom. The molecule has 2 aromatic carbocycles. The van der Waals surface area contributed by atoms with Gasteiger partial charge in [-0.15, -0.1) is 0 Å². The zero-order valence-electron chi connectivity index (χ0n) is 19.1. The first kappa shape index (κ1) is 30.3. The van der Waals surface area contributed by atoms with E-state index in [4.69, 9.17) is 0 Å². The highest BCUT2D eigenvalue weighted by atomic mass is 79.9. The van der Waals surface area contributed by atoms with Gasteiger partial charge in [0.15, 0.2) is 18.2 Å². The molecule has 0 saturated heterocycles. The highest BCUT2D eigenvalue weighted by Gasteiger charge is 2.73. The minimum absolute atomic E-state index is 0.0217. The third-order valence-electron chi connectivity index (χ3n) is 5.40. The Bertz CT molecular complexity index is 1390. The number of benzene rings is 2. The summed E-state index contributed by atoms with van der Waals surface area (Å²) in [4.78, 5) is 26.3. The highest BCUT2D eigenvalue weighted by molar-refractivity contribution is 9.11. The van der Waals surface area contributed by atoms with Crippen molar-refractivity contribution in [2.75, 3.05) is 17.3 Å². The Morgan fingerprint density at radius 3 is 1.92 bits per heavy atom. The Hall–Kier alpha value is -3.27. The van der Waals surface area contributed by atoms with Crippen LogP contribution in [-0.2, 0) is 5.67 Å². The van der Waals surface area contributed by atoms with E-state index in [-0.39, 0.29) is 23.4 Å². The van der Waals surface area contributed by atoms with E-state index in [2.05, 4.69) is 37.2 Å². The van der Waals surface area contributed by atoms with Crippen molar-refractivity contribution >= 4 is 55.0 Å². The Balaban J connectivity index is 1.95. The third kappa shape index (κ3) is 5.71. The number of halogens is 10. The van der Waals surface area contributed by atoms with E-state index in [1.807, 2.05) is 0 Å². The maximum absolute atomic E-state index is 15.3. The fraction of sp³-hybridized carbons (Fsp3) is 0.174. The van der Waals surface area contributed by atoms with Gasteiger partial charge < -0.3 is 15.4 Å². The highest BCUT2D eigenvalue weighted by Crippen LogP contribution is 2.54. The van der Waals surface area contributed by atoms with Crippen LogP contribution >= 0.6 is 31.9 Å². The molecule has 39 heavy (non-hydrogen) atoms. The number of nitrogens with zero attached hydrogens (tertiary/aromatic N) is 2. The van der Waals surface area contributed by atoms with Gasteiger partial charge in [-0.2, -0.15) is 31.1 Å². The van der Waals surface area contributed by atoms with Crippen molar-refractivity contribution in [2.24, 2.45) is 0 Å². The van der Waals surface area contributed by atoms with Crippen molar-refractivity contribution in [3.05, 3.63) is 91.5 Å². The summed E-state index contributed by atoms with van der Waals surface area (Å²) < 4.78 is 108. The smallest absolute Gasteiger partial charge is 0.435 e. The molecule has 0 aliphatic rings. The summed E-state index contributed by atoms with van der Waals surface area (Å²) in [5.41, 5.74) is -8.97. The molecule has 16 heteroatoms. The summed E-state index contributed by atoms with van der Waals surface area (Å²) in [6.07, 6.45) is -10.6. The lowest BCUT2D eigenvalue weighted by molar-refractivity contribution is -0.605. The van der Waals surface area contributed by atoms with E-state index >= 15 is 4.39 Å². The number of rotatable bonds is 5. The van der Waals surface area contributed by atoms with Gasteiger partial charge in [0, 0.05) is 33.7 Å². The summed E-state index contributed by atoms with van der Waals surface area (Å²) in [6.45, 7) is 0. The van der Waals surface area contributed by atoms with Crippen molar-refractivity contribution in [2.45, 2.75) is 18.0 Å². The van der Waals surface area contributed by atoms with Gasteiger partial charge >= 0.3 is 18.0 Å². The number of carbonyl (C=O) groups excluding carboxylic acids is 2. The van der Waals surface area contributed by atoms with Gasteiger partial charge in [0.05, 0.1) is 22.5 Å². The first-order chi connectivity index (χ1) is 17.9. The number of pyridine rings is 1. The monoisotopic (exact) mass is 689 g/mol. The first-order valence-corrected chi connectivity index (χ1v) is 11.9. The lowest BCUT2D eigenvalue weighted by Crippen LogP contribution is -2.50. The van der Waals surface area contributed by atoms with Gasteiger partial charge in [0.2, 0.25) is 0 Å². The van der Waals surface area contributed by atoms with Crippen LogP contribution in [0.3, 0.4) is 0 Å². The lowest BCUT2D eigenvalue weighted by Gasteiger charge is -2.31. The van der Waals surface area contributed by atoms with Crippen molar-refractivity contribution < 1.29 is 49.4 Å². The standard InChI is InChI=1S/C23H13Br2F8N3O3/c1-35(20(38)11-5-7-36(39)8-6-11)16-4-2-3-13(17(16)26)19(37)34-18-14(24)9-12(10-15(18)25)21(27,22(28,29)30)23(31,32)33/h2-10H,1H3,(H,34,37). The fourth-order valence-electron chi connectivity index (χ4n) is 3.37. The van der Waals surface area contributed by atoms with Gasteiger partial charge in [-0.1, -0.05) is 6.07 Å². The molecule has 0 bridgehead atoms. The van der Waals surface area contributed by atoms with Gasteiger partial charge in [0.1, 0.15) is 0 Å². The Morgan fingerprint density at radius 2 is 1.44 bits per heavy atom. The molecule has 0 saturated carbocycles. The zero-order valence-corrected chi connectivity index (χ0v) is 22.3. The van der Waals surface area contributed by atoms with E-state index in [9.17, 15) is 45.5 Å². The second kappa shape index (κ2) is 10.7. The molecule has 1 aromatic heterocycles. The largest absolute Gasteiger partial charge is 0.619 e. The lowest BCUT2D eigenvalue weighted by atomic mass is 9.94. The molecule has 6 nitrogen and oxygen atoms in total. The topological polar surface area (TPSA) is 76.3 Å². The van der Waals surface area contributed by atoms with E-state index in [0.717, 1.165) is 29.4 Å². The Labute approximate surface area is 231 Å². The summed E-state index contributed by atoms with van der Waals surface area (Å²) in [5, 5.41) is 13.3. The minimum atomic E-state index is -6.36. The second-order valence-corrected chi connectivity index (χ2v) is 9.58. The SMILES string of the molecule is CN(C(=O)c1cc[n+]([O-])cc1)c1cccc(C(=O)Nc2c(Br)cc(C(F)(C(F)(F)F)C(F)(F)F)cc2Br)c1F. The predicted molar refractivity (Wildman–Crippen MR) is 129 cm³/mol. The van der Waals surface area contributed by atoms with Crippen LogP contribution in [0.2, 0.25) is 0 Å². The van der Waals surface area contributed by atoms with Crippen LogP contribution in [-0.4, -0.2) is 31.2 Å². The number of nitrogens with one attached hydrogen (secondary N) is 1. The van der Waals surface area contributed by atoms with Crippen LogP contribution in [0, 0.1) is 11.0 Å². The van der Waals surface area contributed by atoms with Crippen molar-refractivity contribution in [1.29, 1.82) is 0 Å². The Kier molecular flexibility index (Phi) is 8.32. The van der Waals surface area contributed by atoms with Crippen LogP contribution < -0.4 is 14.9 Å². The van der Waals surface area contributed by atoms with Gasteiger partial charge in [0.25, 0.3) is 11.8 Å². The molecule has 0 aliphatic heterocycles. The number of hydrogen-bond donors (Lipinski definition) is 1. The molecule has 208 valence electrons. The van der Waals surface area contributed by atoms with E-state index in [1.54, 1.807) is 0 Å². The van der Waals surface area contributed by atoms with E-state index in [0.29, 0.717) is 4.73 Å². The molecule has 3 aromatic rings.